The van der Waals surface area contributed by atoms with Crippen LogP contribution >= 0.6 is 0 Å². The average molecular weight is 289 g/mol. The second kappa shape index (κ2) is 7.93. The van der Waals surface area contributed by atoms with E-state index >= 15 is 0 Å². The Morgan fingerprint density at radius 1 is 1.19 bits per heavy atom. The lowest BCUT2D eigenvalue weighted by Gasteiger charge is -2.31. The Kier molecular flexibility index (Phi) is 5.93. The van der Waals surface area contributed by atoms with Crippen LogP contribution in [0.3, 0.4) is 0 Å². The Labute approximate surface area is 126 Å². The predicted octanol–water partition coefficient (Wildman–Crippen LogP) is 2.39. The summed E-state index contributed by atoms with van der Waals surface area (Å²) in [4.78, 5) is 24.4. The highest BCUT2D eigenvalue weighted by Crippen LogP contribution is 2.27. The number of carbonyl (C=O) groups is 2. The van der Waals surface area contributed by atoms with Gasteiger partial charge in [-0.15, -0.1) is 0 Å². The van der Waals surface area contributed by atoms with E-state index in [1.165, 1.54) is 12.5 Å². The molecule has 0 N–H and O–H groups in total. The van der Waals surface area contributed by atoms with E-state index in [1.807, 2.05) is 6.07 Å². The normalized spacial score (nSPS) is 16.6. The topological polar surface area (TPSA) is 46.6 Å². The van der Waals surface area contributed by atoms with Crippen molar-refractivity contribution in [1.29, 1.82) is 0 Å². The van der Waals surface area contributed by atoms with Gasteiger partial charge in [0.2, 0.25) is 0 Å². The van der Waals surface area contributed by atoms with Gasteiger partial charge in [-0.25, -0.2) is 0 Å². The summed E-state index contributed by atoms with van der Waals surface area (Å²) in [7, 11) is 0. The maximum absolute atomic E-state index is 11.3. The number of ketones is 1. The minimum Gasteiger partial charge on any atom is -0.464 e. The predicted molar refractivity (Wildman–Crippen MR) is 81.1 cm³/mol. The van der Waals surface area contributed by atoms with Gasteiger partial charge in [0, 0.05) is 6.54 Å². The van der Waals surface area contributed by atoms with E-state index < -0.39 is 5.97 Å². The van der Waals surface area contributed by atoms with Crippen molar-refractivity contribution in [3.8, 4) is 0 Å². The minimum absolute atomic E-state index is 0.115. The second-order valence-electron chi connectivity index (χ2n) is 5.63. The molecule has 0 bridgehead atoms. The molecule has 1 saturated heterocycles. The highest BCUT2D eigenvalue weighted by molar-refractivity contribution is 5.94. The number of hydrogen-bond donors (Lipinski definition) is 0. The standard InChI is InChI=1S/C17H23NO3/c1-14(19)13-17(20)21-12-11-18-9-7-16(8-10-18)15-5-3-2-4-6-15/h2-6,16H,7-13H2,1H3. The van der Waals surface area contributed by atoms with Crippen LogP contribution in [-0.2, 0) is 14.3 Å². The third kappa shape index (κ3) is 5.31. The molecule has 1 fully saturated rings. The van der Waals surface area contributed by atoms with E-state index in [9.17, 15) is 9.59 Å². The lowest BCUT2D eigenvalue weighted by atomic mass is 9.89. The summed E-state index contributed by atoms with van der Waals surface area (Å²) in [6.07, 6.45) is 2.17. The van der Waals surface area contributed by atoms with Crippen LogP contribution in [0.4, 0.5) is 0 Å². The highest BCUT2D eigenvalue weighted by Gasteiger charge is 2.20. The lowest BCUT2D eigenvalue weighted by Crippen LogP contribution is -2.35. The molecule has 0 spiro atoms. The molecule has 1 aliphatic rings. The molecular weight excluding hydrogens is 266 g/mol. The van der Waals surface area contributed by atoms with Crippen LogP contribution in [0.2, 0.25) is 0 Å². The van der Waals surface area contributed by atoms with E-state index in [0.717, 1.165) is 32.5 Å². The first-order chi connectivity index (χ1) is 10.1. The number of benzene rings is 1. The van der Waals surface area contributed by atoms with Crippen molar-refractivity contribution in [2.24, 2.45) is 0 Å². The molecule has 114 valence electrons. The van der Waals surface area contributed by atoms with Crippen molar-refractivity contribution in [1.82, 2.24) is 4.90 Å². The maximum atomic E-state index is 11.3. The molecule has 0 atom stereocenters. The van der Waals surface area contributed by atoms with Crippen molar-refractivity contribution < 1.29 is 14.3 Å². The molecule has 0 radical (unpaired) electrons. The van der Waals surface area contributed by atoms with Crippen molar-refractivity contribution >= 4 is 11.8 Å². The monoisotopic (exact) mass is 289 g/mol. The van der Waals surface area contributed by atoms with Gasteiger partial charge in [0.05, 0.1) is 0 Å². The Bertz CT molecular complexity index is 464. The van der Waals surface area contributed by atoms with Crippen molar-refractivity contribution in [2.75, 3.05) is 26.2 Å². The van der Waals surface area contributed by atoms with Gasteiger partial charge in [-0.05, 0) is 44.3 Å². The maximum Gasteiger partial charge on any atom is 0.313 e. The van der Waals surface area contributed by atoms with Crippen LogP contribution in [0.25, 0.3) is 0 Å². The molecule has 4 nitrogen and oxygen atoms in total. The van der Waals surface area contributed by atoms with E-state index in [-0.39, 0.29) is 12.2 Å². The first kappa shape index (κ1) is 15.7. The van der Waals surface area contributed by atoms with Gasteiger partial charge in [0.25, 0.3) is 0 Å². The van der Waals surface area contributed by atoms with Gasteiger partial charge in [0.15, 0.2) is 0 Å². The summed E-state index contributed by atoms with van der Waals surface area (Å²) in [5, 5.41) is 0. The molecular formula is C17H23NO3. The van der Waals surface area contributed by atoms with E-state index in [4.69, 9.17) is 4.74 Å². The average Bonchev–Trinajstić information content (AvgIpc) is 2.48. The van der Waals surface area contributed by atoms with Crippen LogP contribution < -0.4 is 0 Å². The first-order valence-corrected chi connectivity index (χ1v) is 7.57. The number of piperidine rings is 1. The molecule has 1 aliphatic heterocycles. The fourth-order valence-electron chi connectivity index (χ4n) is 2.76. The molecule has 4 heteroatoms. The molecule has 1 heterocycles. The second-order valence-corrected chi connectivity index (χ2v) is 5.63. The van der Waals surface area contributed by atoms with Gasteiger partial charge in [-0.1, -0.05) is 30.3 Å². The summed E-state index contributed by atoms with van der Waals surface area (Å²) >= 11 is 0. The van der Waals surface area contributed by atoms with Crippen LogP contribution in [0.15, 0.2) is 30.3 Å². The zero-order valence-corrected chi connectivity index (χ0v) is 12.6. The summed E-state index contributed by atoms with van der Waals surface area (Å²) in [6, 6.07) is 10.6. The van der Waals surface area contributed by atoms with Crippen molar-refractivity contribution in [2.45, 2.75) is 32.1 Å². The zero-order chi connectivity index (χ0) is 15.1. The van der Waals surface area contributed by atoms with Gasteiger partial charge in [-0.3, -0.25) is 14.5 Å². The summed E-state index contributed by atoms with van der Waals surface area (Å²) in [6.45, 7) is 4.59. The quantitative estimate of drug-likeness (QED) is 0.596. The fourth-order valence-corrected chi connectivity index (χ4v) is 2.76. The molecule has 0 unspecified atom stereocenters. The number of likely N-dealkylation sites (tertiary alicyclic amines) is 1. The smallest absolute Gasteiger partial charge is 0.313 e. The lowest BCUT2D eigenvalue weighted by molar-refractivity contribution is -0.146. The Morgan fingerprint density at radius 3 is 2.48 bits per heavy atom. The molecule has 0 aliphatic carbocycles. The van der Waals surface area contributed by atoms with Crippen LogP contribution in [-0.4, -0.2) is 42.9 Å². The Morgan fingerprint density at radius 2 is 1.86 bits per heavy atom. The molecule has 2 rings (SSSR count). The molecule has 21 heavy (non-hydrogen) atoms. The van der Waals surface area contributed by atoms with Crippen LogP contribution in [0, 0.1) is 0 Å². The minimum atomic E-state index is -0.415. The number of hydrogen-bond acceptors (Lipinski definition) is 4. The van der Waals surface area contributed by atoms with E-state index in [2.05, 4.69) is 29.2 Å². The summed E-state index contributed by atoms with van der Waals surface area (Å²) < 4.78 is 5.07. The molecule has 1 aromatic carbocycles. The van der Waals surface area contributed by atoms with E-state index in [1.54, 1.807) is 0 Å². The van der Waals surface area contributed by atoms with E-state index in [0.29, 0.717) is 12.5 Å². The third-order valence-corrected chi connectivity index (χ3v) is 3.92. The fraction of sp³-hybridized carbons (Fsp3) is 0.529. The highest BCUT2D eigenvalue weighted by atomic mass is 16.5. The molecule has 0 saturated carbocycles. The van der Waals surface area contributed by atoms with Crippen LogP contribution in [0.5, 0.6) is 0 Å². The van der Waals surface area contributed by atoms with Crippen LogP contribution in [0.1, 0.15) is 37.7 Å². The number of rotatable bonds is 6. The Hall–Kier alpha value is -1.68. The number of Topliss-reactive ketones (excluding diaryl/α,β-unsaturated/α-hetero) is 1. The Balaban J connectivity index is 1.65. The van der Waals surface area contributed by atoms with Crippen molar-refractivity contribution in [3.05, 3.63) is 35.9 Å². The van der Waals surface area contributed by atoms with Crippen molar-refractivity contribution in [3.63, 3.8) is 0 Å². The number of carbonyl (C=O) groups excluding carboxylic acids is 2. The van der Waals surface area contributed by atoms with Gasteiger partial charge < -0.3 is 4.74 Å². The van der Waals surface area contributed by atoms with Gasteiger partial charge in [0.1, 0.15) is 18.8 Å². The first-order valence-electron chi connectivity index (χ1n) is 7.57. The number of ether oxygens (including phenoxy) is 1. The molecule has 1 aromatic rings. The largest absolute Gasteiger partial charge is 0.464 e. The third-order valence-electron chi connectivity index (χ3n) is 3.92. The molecule has 0 amide bonds. The van der Waals surface area contributed by atoms with Gasteiger partial charge >= 0.3 is 5.97 Å². The number of nitrogens with zero attached hydrogens (tertiary/aromatic N) is 1. The SMILES string of the molecule is CC(=O)CC(=O)OCCN1CCC(c2ccccc2)CC1. The summed E-state index contributed by atoms with van der Waals surface area (Å²) in [5.74, 6) is 0.0769. The molecule has 0 aromatic heterocycles. The summed E-state index contributed by atoms with van der Waals surface area (Å²) in [5.41, 5.74) is 1.42. The van der Waals surface area contributed by atoms with Gasteiger partial charge in [-0.2, -0.15) is 0 Å². The zero-order valence-electron chi connectivity index (χ0n) is 12.6. The number of esters is 1.